The van der Waals surface area contributed by atoms with Gasteiger partial charge in [-0.3, -0.25) is 0 Å². The second kappa shape index (κ2) is 5.93. The van der Waals surface area contributed by atoms with Crippen molar-refractivity contribution in [2.75, 3.05) is 0 Å². The average molecular weight is 127 g/mol. The maximum Gasteiger partial charge on any atom is 1.00 e. The summed E-state index contributed by atoms with van der Waals surface area (Å²) in [6, 6.07) is 1.62. The van der Waals surface area contributed by atoms with Crippen LogP contribution in [0, 0.1) is 11.3 Å². The Morgan fingerprint density at radius 2 is 2.17 bits per heavy atom. The average Bonchev–Trinajstić information content (AvgIpc) is 1.38. The van der Waals surface area contributed by atoms with Crippen LogP contribution >= 0.6 is 24.8 Å². The summed E-state index contributed by atoms with van der Waals surface area (Å²) in [7, 11) is 0. The summed E-state index contributed by atoms with van der Waals surface area (Å²) in [5.41, 5.74) is 0. The van der Waals surface area contributed by atoms with E-state index in [4.69, 9.17) is 5.26 Å². The van der Waals surface area contributed by atoms with Crippen LogP contribution < -0.4 is 29.6 Å². The summed E-state index contributed by atoms with van der Waals surface area (Å²) >= 11 is 7.67. The first-order valence-electron chi connectivity index (χ1n) is 0.901. The van der Waals surface area contributed by atoms with E-state index >= 15 is 0 Å². The molecular formula is C2H2NNaS2. The zero-order valence-electron chi connectivity index (χ0n) is 4.30. The fourth-order valence-corrected chi connectivity index (χ4v) is 0. The second-order valence-corrected chi connectivity index (χ2v) is 1.57. The van der Waals surface area contributed by atoms with E-state index in [1.807, 2.05) is 0 Å². The molecule has 4 heteroatoms. The SMILES string of the molecule is N#CC(=S)S.[H-].[Na+]. The Labute approximate surface area is 70.9 Å². The van der Waals surface area contributed by atoms with Crippen molar-refractivity contribution in [2.45, 2.75) is 0 Å². The van der Waals surface area contributed by atoms with Gasteiger partial charge in [-0.15, -0.1) is 12.6 Å². The third-order valence-electron chi connectivity index (χ3n) is 0.0956. The number of thiol groups is 1. The Morgan fingerprint density at radius 1 is 2.00 bits per heavy atom. The van der Waals surface area contributed by atoms with Crippen molar-refractivity contribution in [1.82, 2.24) is 0 Å². The fraction of sp³-hybridized carbons (Fsp3) is 0. The minimum atomic E-state index is 0. The molecule has 0 radical (unpaired) electrons. The number of nitriles is 1. The van der Waals surface area contributed by atoms with Crippen molar-refractivity contribution in [3.05, 3.63) is 0 Å². The van der Waals surface area contributed by atoms with E-state index < -0.39 is 0 Å². The summed E-state index contributed by atoms with van der Waals surface area (Å²) in [6.45, 7) is 0. The van der Waals surface area contributed by atoms with Gasteiger partial charge in [0, 0.05) is 0 Å². The van der Waals surface area contributed by atoms with Gasteiger partial charge in [0.15, 0.2) is 0 Å². The summed E-state index contributed by atoms with van der Waals surface area (Å²) in [5.74, 6) is 0. The van der Waals surface area contributed by atoms with Crippen LogP contribution in [0.4, 0.5) is 0 Å². The smallest absolute Gasteiger partial charge is 1.00 e. The third kappa shape index (κ3) is 8.87. The van der Waals surface area contributed by atoms with E-state index in [-0.39, 0.29) is 35.2 Å². The zero-order valence-corrected chi connectivity index (χ0v) is 7.01. The van der Waals surface area contributed by atoms with Gasteiger partial charge in [-0.05, 0) is 0 Å². The molecule has 0 aliphatic heterocycles. The van der Waals surface area contributed by atoms with E-state index in [0.717, 1.165) is 0 Å². The van der Waals surface area contributed by atoms with Crippen molar-refractivity contribution in [2.24, 2.45) is 0 Å². The molecule has 0 heterocycles. The van der Waals surface area contributed by atoms with Gasteiger partial charge >= 0.3 is 29.6 Å². The van der Waals surface area contributed by atoms with Gasteiger partial charge in [0.05, 0.1) is 0 Å². The van der Waals surface area contributed by atoms with E-state index in [1.165, 1.54) is 0 Å². The molecule has 0 fully saturated rings. The molecule has 0 aromatic carbocycles. The van der Waals surface area contributed by atoms with Gasteiger partial charge in [-0.1, -0.05) is 12.2 Å². The van der Waals surface area contributed by atoms with Crippen molar-refractivity contribution >= 4 is 29.0 Å². The quantitative estimate of drug-likeness (QED) is 0.228. The van der Waals surface area contributed by atoms with Gasteiger partial charge in [0.2, 0.25) is 0 Å². The van der Waals surface area contributed by atoms with Crippen LogP contribution in [0.2, 0.25) is 0 Å². The van der Waals surface area contributed by atoms with Crippen LogP contribution in [0.1, 0.15) is 1.43 Å². The molecule has 28 valence electrons. The van der Waals surface area contributed by atoms with Crippen LogP contribution in [-0.2, 0) is 0 Å². The monoisotopic (exact) mass is 127 g/mol. The number of rotatable bonds is 0. The van der Waals surface area contributed by atoms with Crippen LogP contribution in [0.25, 0.3) is 0 Å². The number of hydrogen-bond donors (Lipinski definition) is 1. The minimum Gasteiger partial charge on any atom is -1.00 e. The first-order valence-corrected chi connectivity index (χ1v) is 1.76. The first kappa shape index (κ1) is 10.0. The maximum absolute atomic E-state index is 7.68. The largest absolute Gasteiger partial charge is 1.00 e. The topological polar surface area (TPSA) is 23.8 Å². The van der Waals surface area contributed by atoms with Crippen LogP contribution in [-0.4, -0.2) is 4.20 Å². The molecule has 0 aliphatic rings. The van der Waals surface area contributed by atoms with Crippen LogP contribution in [0.15, 0.2) is 0 Å². The van der Waals surface area contributed by atoms with Crippen LogP contribution in [0.5, 0.6) is 0 Å². The van der Waals surface area contributed by atoms with Gasteiger partial charge < -0.3 is 1.43 Å². The van der Waals surface area contributed by atoms with Crippen molar-refractivity contribution in [1.29, 1.82) is 5.26 Å². The molecule has 0 aromatic rings. The van der Waals surface area contributed by atoms with E-state index in [9.17, 15) is 0 Å². The van der Waals surface area contributed by atoms with Crippen molar-refractivity contribution in [3.63, 3.8) is 0 Å². The molecule has 0 aromatic heterocycles. The molecule has 0 bridgehead atoms. The molecule has 0 rings (SSSR count). The Morgan fingerprint density at radius 3 is 2.17 bits per heavy atom. The summed E-state index contributed by atoms with van der Waals surface area (Å²) < 4.78 is 0.0880. The maximum atomic E-state index is 7.68. The van der Waals surface area contributed by atoms with E-state index in [1.54, 1.807) is 6.07 Å². The number of nitrogens with zero attached hydrogens (tertiary/aromatic N) is 1. The second-order valence-electron chi connectivity index (χ2n) is 0.417. The molecular weight excluding hydrogens is 125 g/mol. The molecule has 0 unspecified atom stereocenters. The Hall–Kier alpha value is 0.930. The predicted molar refractivity (Wildman–Crippen MR) is 28.3 cm³/mol. The standard InChI is InChI=1S/C2HNS2.Na.H/c3-1-2(4)5;;/h(H,4,5);;/q;+1;-1. The van der Waals surface area contributed by atoms with Crippen molar-refractivity contribution < 1.29 is 31.0 Å². The minimum absolute atomic E-state index is 0. The molecule has 0 N–H and O–H groups in total. The van der Waals surface area contributed by atoms with Gasteiger partial charge in [-0.25, -0.2) is 0 Å². The Kier molecular flexibility index (Phi) is 9.91. The van der Waals surface area contributed by atoms with Crippen LogP contribution in [0.3, 0.4) is 0 Å². The summed E-state index contributed by atoms with van der Waals surface area (Å²) in [6.07, 6.45) is 0. The van der Waals surface area contributed by atoms with Gasteiger partial charge in [0.1, 0.15) is 10.3 Å². The first-order chi connectivity index (χ1) is 2.27. The molecule has 1 nitrogen and oxygen atoms in total. The summed E-state index contributed by atoms with van der Waals surface area (Å²) in [4.78, 5) is 0. The van der Waals surface area contributed by atoms with E-state index in [0.29, 0.717) is 0 Å². The summed E-state index contributed by atoms with van der Waals surface area (Å²) in [5, 5.41) is 7.68. The number of hydrogen-bond acceptors (Lipinski definition) is 2. The molecule has 0 amide bonds. The van der Waals surface area contributed by atoms with Gasteiger partial charge in [-0.2, -0.15) is 5.26 Å². The number of thiocarbonyl (C=S) groups is 1. The third-order valence-corrected chi connectivity index (χ3v) is 0.287. The van der Waals surface area contributed by atoms with Crippen molar-refractivity contribution in [3.8, 4) is 6.07 Å². The Bertz CT molecular complexity index is 88.2. The van der Waals surface area contributed by atoms with Gasteiger partial charge in [0.25, 0.3) is 0 Å². The fourth-order valence-electron chi connectivity index (χ4n) is 0. The normalized spacial score (nSPS) is 4.67. The molecule has 0 saturated carbocycles. The molecule has 0 atom stereocenters. The molecule has 0 saturated heterocycles. The molecule has 0 spiro atoms. The predicted octanol–water partition coefficient (Wildman–Crippen LogP) is -2.12. The molecule has 0 aliphatic carbocycles. The zero-order chi connectivity index (χ0) is 4.28. The molecule has 6 heavy (non-hydrogen) atoms. The van der Waals surface area contributed by atoms with E-state index in [2.05, 4.69) is 24.8 Å². The Balaban J connectivity index is -0.0000000800.